The third-order valence-corrected chi connectivity index (χ3v) is 3.15. The smallest absolute Gasteiger partial charge is 0.166 e. The molecule has 0 heterocycles. The number of ketones is 1. The minimum Gasteiger partial charge on any atom is -0.507 e. The van der Waals surface area contributed by atoms with Crippen LogP contribution in [0.1, 0.15) is 37.0 Å². The summed E-state index contributed by atoms with van der Waals surface area (Å²) in [6.07, 6.45) is 1.01. The van der Waals surface area contributed by atoms with Gasteiger partial charge in [-0.3, -0.25) is 4.79 Å². The first kappa shape index (κ1) is 14.2. The summed E-state index contributed by atoms with van der Waals surface area (Å²) in [5.74, 6) is 0.122. The van der Waals surface area contributed by atoms with Crippen LogP contribution in [0.5, 0.6) is 17.2 Å². The van der Waals surface area contributed by atoms with Gasteiger partial charge in [0.2, 0.25) is 0 Å². The minimum absolute atomic E-state index is 0.0289. The lowest BCUT2D eigenvalue weighted by Gasteiger charge is -2.13. The number of carbonyl (C=O) groups is 1. The van der Waals surface area contributed by atoms with Crippen molar-refractivity contribution >= 4 is 16.6 Å². The number of ether oxygens (including phenoxy) is 1. The highest BCUT2D eigenvalue weighted by atomic mass is 16.5. The number of Topliss-reactive ketones (excluding diaryl/α,β-unsaturated/α-hetero) is 1. The number of hydrogen-bond donors (Lipinski definition) is 2. The van der Waals surface area contributed by atoms with Crippen molar-refractivity contribution in [1.29, 1.82) is 0 Å². The van der Waals surface area contributed by atoms with Crippen LogP contribution in [-0.2, 0) is 0 Å². The van der Waals surface area contributed by atoms with E-state index >= 15 is 0 Å². The van der Waals surface area contributed by atoms with Crippen LogP contribution >= 0.6 is 0 Å². The maximum Gasteiger partial charge on any atom is 0.166 e. The molecule has 2 aromatic rings. The molecule has 4 nitrogen and oxygen atoms in total. The molecule has 0 spiro atoms. The molecule has 0 atom stereocenters. The number of rotatable bonds is 5. The standard InChI is InChI=1S/C16H18O4/c1-3-6-12(17)11-9-13(18)10-7-5-8-14(20-4-2)15(10)16(11)19/h5,7-9,18-19H,3-4,6H2,1-2H3. The monoisotopic (exact) mass is 274 g/mol. The zero-order valence-electron chi connectivity index (χ0n) is 11.6. The quantitative estimate of drug-likeness (QED) is 0.645. The molecule has 2 rings (SSSR count). The summed E-state index contributed by atoms with van der Waals surface area (Å²) in [7, 11) is 0. The number of carbonyl (C=O) groups excluding carboxylic acids is 1. The Labute approximate surface area is 117 Å². The minimum atomic E-state index is -0.187. The second kappa shape index (κ2) is 5.82. The fraction of sp³-hybridized carbons (Fsp3) is 0.312. The molecule has 0 radical (unpaired) electrons. The van der Waals surface area contributed by atoms with E-state index in [0.717, 1.165) is 0 Å². The maximum absolute atomic E-state index is 12.0. The van der Waals surface area contributed by atoms with Crippen molar-refractivity contribution in [3.63, 3.8) is 0 Å². The molecule has 0 saturated heterocycles. The molecule has 0 aliphatic heterocycles. The van der Waals surface area contributed by atoms with Crippen LogP contribution in [0.4, 0.5) is 0 Å². The van der Waals surface area contributed by atoms with Crippen molar-refractivity contribution in [2.75, 3.05) is 6.61 Å². The van der Waals surface area contributed by atoms with Gasteiger partial charge in [0.05, 0.1) is 17.6 Å². The Morgan fingerprint density at radius 3 is 2.65 bits per heavy atom. The highest BCUT2D eigenvalue weighted by Crippen LogP contribution is 2.41. The molecule has 20 heavy (non-hydrogen) atoms. The predicted octanol–water partition coefficient (Wildman–Crippen LogP) is 3.63. The van der Waals surface area contributed by atoms with Crippen LogP contribution in [-0.4, -0.2) is 22.6 Å². The van der Waals surface area contributed by atoms with E-state index in [9.17, 15) is 15.0 Å². The van der Waals surface area contributed by atoms with Gasteiger partial charge < -0.3 is 14.9 Å². The summed E-state index contributed by atoms with van der Waals surface area (Å²) >= 11 is 0. The molecule has 0 unspecified atom stereocenters. The highest BCUT2D eigenvalue weighted by molar-refractivity contribution is 6.08. The highest BCUT2D eigenvalue weighted by Gasteiger charge is 2.19. The summed E-state index contributed by atoms with van der Waals surface area (Å²) in [6, 6.07) is 6.45. The second-order valence-corrected chi connectivity index (χ2v) is 4.58. The van der Waals surface area contributed by atoms with Crippen molar-refractivity contribution in [2.45, 2.75) is 26.7 Å². The normalized spacial score (nSPS) is 10.7. The molecule has 106 valence electrons. The van der Waals surface area contributed by atoms with Crippen molar-refractivity contribution < 1.29 is 19.7 Å². The van der Waals surface area contributed by atoms with E-state index in [1.165, 1.54) is 6.07 Å². The summed E-state index contributed by atoms with van der Waals surface area (Å²) in [4.78, 5) is 12.0. The largest absolute Gasteiger partial charge is 0.507 e. The van der Waals surface area contributed by atoms with Gasteiger partial charge >= 0.3 is 0 Å². The Morgan fingerprint density at radius 2 is 2.00 bits per heavy atom. The van der Waals surface area contributed by atoms with Gasteiger partial charge in [0.15, 0.2) is 5.78 Å². The van der Waals surface area contributed by atoms with E-state index in [2.05, 4.69) is 0 Å². The van der Waals surface area contributed by atoms with Gasteiger partial charge in [0.25, 0.3) is 0 Å². The average Bonchev–Trinajstić information content (AvgIpc) is 2.43. The Balaban J connectivity index is 2.72. The number of phenols is 2. The van der Waals surface area contributed by atoms with E-state index < -0.39 is 0 Å². The Bertz CT molecular complexity index is 646. The SMILES string of the molecule is CCCC(=O)c1cc(O)c2cccc(OCC)c2c1O. The number of aromatic hydroxyl groups is 2. The van der Waals surface area contributed by atoms with Gasteiger partial charge in [-0.15, -0.1) is 0 Å². The van der Waals surface area contributed by atoms with Crippen LogP contribution in [0.25, 0.3) is 10.8 Å². The predicted molar refractivity (Wildman–Crippen MR) is 77.7 cm³/mol. The third kappa shape index (κ3) is 2.41. The van der Waals surface area contributed by atoms with E-state index in [0.29, 0.717) is 36.0 Å². The number of phenolic OH excluding ortho intramolecular Hbond substituents is 2. The number of hydrogen-bond acceptors (Lipinski definition) is 4. The van der Waals surface area contributed by atoms with Gasteiger partial charge in [0.1, 0.15) is 17.2 Å². The van der Waals surface area contributed by atoms with Crippen LogP contribution in [0.2, 0.25) is 0 Å². The first-order valence-electron chi connectivity index (χ1n) is 6.73. The van der Waals surface area contributed by atoms with Gasteiger partial charge in [-0.05, 0) is 25.5 Å². The first-order chi connectivity index (χ1) is 9.60. The number of benzene rings is 2. The zero-order valence-corrected chi connectivity index (χ0v) is 11.6. The van der Waals surface area contributed by atoms with Crippen LogP contribution < -0.4 is 4.74 Å². The molecule has 4 heteroatoms. The summed E-state index contributed by atoms with van der Waals surface area (Å²) < 4.78 is 5.47. The molecule has 0 fully saturated rings. The second-order valence-electron chi connectivity index (χ2n) is 4.58. The molecular weight excluding hydrogens is 256 g/mol. The lowest BCUT2D eigenvalue weighted by molar-refractivity contribution is 0.0979. The third-order valence-electron chi connectivity index (χ3n) is 3.15. The van der Waals surface area contributed by atoms with Crippen molar-refractivity contribution in [3.05, 3.63) is 29.8 Å². The lowest BCUT2D eigenvalue weighted by atomic mass is 9.99. The Morgan fingerprint density at radius 1 is 1.25 bits per heavy atom. The first-order valence-corrected chi connectivity index (χ1v) is 6.73. The van der Waals surface area contributed by atoms with E-state index in [1.807, 2.05) is 13.8 Å². The molecule has 0 aromatic heterocycles. The summed E-state index contributed by atoms with van der Waals surface area (Å²) in [6.45, 7) is 4.16. The van der Waals surface area contributed by atoms with Crippen LogP contribution in [0, 0.1) is 0 Å². The van der Waals surface area contributed by atoms with Crippen LogP contribution in [0.3, 0.4) is 0 Å². The average molecular weight is 274 g/mol. The van der Waals surface area contributed by atoms with Crippen molar-refractivity contribution in [2.24, 2.45) is 0 Å². The summed E-state index contributed by atoms with van der Waals surface area (Å²) in [5, 5.41) is 21.3. The van der Waals surface area contributed by atoms with Crippen LogP contribution in [0.15, 0.2) is 24.3 Å². The zero-order chi connectivity index (χ0) is 14.7. The lowest BCUT2D eigenvalue weighted by Crippen LogP contribution is -2.00. The van der Waals surface area contributed by atoms with Gasteiger partial charge in [-0.2, -0.15) is 0 Å². The molecule has 0 aliphatic carbocycles. The molecule has 0 bridgehead atoms. The molecule has 0 saturated carbocycles. The molecular formula is C16H18O4. The van der Waals surface area contributed by atoms with Crippen molar-refractivity contribution in [3.8, 4) is 17.2 Å². The molecule has 0 aliphatic rings. The van der Waals surface area contributed by atoms with Gasteiger partial charge in [-0.1, -0.05) is 19.1 Å². The molecule has 2 N–H and O–H groups in total. The Hall–Kier alpha value is -2.23. The number of fused-ring (bicyclic) bond motifs is 1. The van der Waals surface area contributed by atoms with Crippen molar-refractivity contribution in [1.82, 2.24) is 0 Å². The fourth-order valence-electron chi connectivity index (χ4n) is 2.26. The topological polar surface area (TPSA) is 66.8 Å². The van der Waals surface area contributed by atoms with E-state index in [4.69, 9.17) is 4.74 Å². The summed E-state index contributed by atoms with van der Waals surface area (Å²) in [5.41, 5.74) is 0.143. The van der Waals surface area contributed by atoms with E-state index in [-0.39, 0.29) is 22.8 Å². The fourth-order valence-corrected chi connectivity index (χ4v) is 2.26. The van der Waals surface area contributed by atoms with Gasteiger partial charge in [0, 0.05) is 11.8 Å². The molecule has 0 amide bonds. The van der Waals surface area contributed by atoms with E-state index in [1.54, 1.807) is 18.2 Å². The van der Waals surface area contributed by atoms with Gasteiger partial charge in [-0.25, -0.2) is 0 Å². The molecule has 2 aromatic carbocycles. The Kier molecular flexibility index (Phi) is 4.13. The maximum atomic E-state index is 12.0.